The number of benzene rings is 2. The Morgan fingerprint density at radius 3 is 2.43 bits per heavy atom. The third-order valence-corrected chi connectivity index (χ3v) is 6.29. The maximum atomic E-state index is 13.2. The number of ether oxygens (including phenoxy) is 1. The van der Waals surface area contributed by atoms with Crippen LogP contribution in [0.1, 0.15) is 12.0 Å². The molecule has 148 valence electrons. The lowest BCUT2D eigenvalue weighted by atomic mass is 10.2. The molecule has 0 fully saturated rings. The highest BCUT2D eigenvalue weighted by Gasteiger charge is 2.28. The van der Waals surface area contributed by atoms with Crippen molar-refractivity contribution >= 4 is 31.7 Å². The minimum Gasteiger partial charge on any atom is -0.419 e. The van der Waals surface area contributed by atoms with Crippen molar-refractivity contribution in [2.24, 2.45) is 0 Å². The van der Waals surface area contributed by atoms with Gasteiger partial charge in [-0.3, -0.25) is 0 Å². The zero-order valence-corrected chi connectivity index (χ0v) is 18.0. The normalized spacial score (nSPS) is 11.5. The molecule has 0 radical (unpaired) electrons. The van der Waals surface area contributed by atoms with Crippen molar-refractivity contribution in [2.45, 2.75) is 23.3 Å². The maximum Gasteiger partial charge on any atom is 0.233 e. The third-order valence-electron chi connectivity index (χ3n) is 4.08. The van der Waals surface area contributed by atoms with Crippen LogP contribution in [0.5, 0.6) is 0 Å². The second-order valence-electron chi connectivity index (χ2n) is 6.25. The predicted molar refractivity (Wildman–Crippen MR) is 111 cm³/mol. The van der Waals surface area contributed by atoms with Gasteiger partial charge >= 0.3 is 0 Å². The Labute approximate surface area is 173 Å². The van der Waals surface area contributed by atoms with Crippen LogP contribution >= 0.6 is 15.9 Å². The molecule has 3 aromatic rings. The molecule has 6 nitrogen and oxygen atoms in total. The zero-order chi connectivity index (χ0) is 20.1. The first kappa shape index (κ1) is 20.6. The first-order valence-corrected chi connectivity index (χ1v) is 11.0. The van der Waals surface area contributed by atoms with E-state index in [-0.39, 0.29) is 21.7 Å². The first-order chi connectivity index (χ1) is 13.4. The highest BCUT2D eigenvalue weighted by molar-refractivity contribution is 9.10. The number of hydrogen-bond acceptors (Lipinski definition) is 6. The Balaban J connectivity index is 2.01. The van der Waals surface area contributed by atoms with Gasteiger partial charge in [0, 0.05) is 30.3 Å². The Morgan fingerprint density at radius 2 is 1.79 bits per heavy atom. The molecule has 0 unspecified atom stereocenters. The highest BCUT2D eigenvalue weighted by atomic mass is 79.9. The minimum absolute atomic E-state index is 0.119. The molecular formula is C20H21BrN2O4S. The van der Waals surface area contributed by atoms with E-state index in [0.717, 1.165) is 10.0 Å². The zero-order valence-electron chi connectivity index (χ0n) is 15.6. The number of anilines is 1. The van der Waals surface area contributed by atoms with Crippen molar-refractivity contribution < 1.29 is 17.6 Å². The fourth-order valence-electron chi connectivity index (χ4n) is 2.56. The van der Waals surface area contributed by atoms with Gasteiger partial charge < -0.3 is 14.5 Å². The van der Waals surface area contributed by atoms with Crippen LogP contribution in [-0.4, -0.2) is 33.7 Å². The molecule has 1 heterocycles. The molecule has 0 aliphatic heterocycles. The van der Waals surface area contributed by atoms with E-state index in [9.17, 15) is 8.42 Å². The molecule has 8 heteroatoms. The quantitative estimate of drug-likeness (QED) is 0.486. The monoisotopic (exact) mass is 464 g/mol. The summed E-state index contributed by atoms with van der Waals surface area (Å²) < 4.78 is 38.1. The van der Waals surface area contributed by atoms with E-state index in [2.05, 4.69) is 26.2 Å². The van der Waals surface area contributed by atoms with Gasteiger partial charge in [0.2, 0.25) is 26.6 Å². The summed E-state index contributed by atoms with van der Waals surface area (Å²) in [6, 6.07) is 14.0. The average Bonchev–Trinajstić information content (AvgIpc) is 3.11. The maximum absolute atomic E-state index is 13.2. The molecule has 0 saturated carbocycles. The van der Waals surface area contributed by atoms with E-state index < -0.39 is 9.84 Å². The van der Waals surface area contributed by atoms with Gasteiger partial charge in [0.15, 0.2) is 0 Å². The van der Waals surface area contributed by atoms with Gasteiger partial charge in [-0.2, -0.15) is 4.98 Å². The number of methoxy groups -OCH3 is 1. The van der Waals surface area contributed by atoms with Gasteiger partial charge in [0.25, 0.3) is 0 Å². The Hall–Kier alpha value is -2.16. The molecule has 0 aliphatic carbocycles. The molecule has 0 atom stereocenters. The number of oxazole rings is 1. The SMILES string of the molecule is COCCCNc1oc(-c2ccc(Br)cc2)nc1S(=O)(=O)c1ccc(C)cc1. The summed E-state index contributed by atoms with van der Waals surface area (Å²) in [5.41, 5.74) is 1.67. The van der Waals surface area contributed by atoms with Gasteiger partial charge in [-0.15, -0.1) is 0 Å². The number of aromatic nitrogens is 1. The van der Waals surface area contributed by atoms with Crippen LogP contribution in [0.2, 0.25) is 0 Å². The predicted octanol–water partition coefficient (Wildman–Crippen LogP) is 4.69. The molecule has 0 aliphatic rings. The summed E-state index contributed by atoms with van der Waals surface area (Å²) in [4.78, 5) is 4.49. The number of halogens is 1. The molecule has 0 spiro atoms. The van der Waals surface area contributed by atoms with E-state index in [1.54, 1.807) is 31.4 Å². The van der Waals surface area contributed by atoms with Gasteiger partial charge in [-0.25, -0.2) is 8.42 Å². The average molecular weight is 465 g/mol. The Morgan fingerprint density at radius 1 is 1.11 bits per heavy atom. The molecule has 28 heavy (non-hydrogen) atoms. The Bertz CT molecular complexity index is 1030. The molecule has 0 amide bonds. The molecule has 2 aromatic carbocycles. The summed E-state index contributed by atoms with van der Waals surface area (Å²) in [7, 11) is -2.21. The van der Waals surface area contributed by atoms with E-state index in [1.807, 2.05) is 31.2 Å². The van der Waals surface area contributed by atoms with E-state index in [1.165, 1.54) is 0 Å². The summed E-state index contributed by atoms with van der Waals surface area (Å²) in [5.74, 6) is 0.377. The number of aryl methyl sites for hydroxylation is 1. The number of rotatable bonds is 8. The van der Waals surface area contributed by atoms with E-state index in [0.29, 0.717) is 25.1 Å². The summed E-state index contributed by atoms with van der Waals surface area (Å²) >= 11 is 3.38. The van der Waals surface area contributed by atoms with Gasteiger partial charge in [0.1, 0.15) is 0 Å². The first-order valence-electron chi connectivity index (χ1n) is 8.73. The third kappa shape index (κ3) is 4.63. The molecule has 0 saturated heterocycles. The van der Waals surface area contributed by atoms with E-state index >= 15 is 0 Å². The van der Waals surface area contributed by atoms with Crippen LogP contribution in [0.3, 0.4) is 0 Å². The van der Waals surface area contributed by atoms with Crippen molar-refractivity contribution in [2.75, 3.05) is 25.6 Å². The fraction of sp³-hybridized carbons (Fsp3) is 0.250. The second-order valence-corrected chi connectivity index (χ2v) is 9.03. The van der Waals surface area contributed by atoms with Gasteiger partial charge in [-0.1, -0.05) is 33.6 Å². The standard InChI is InChI=1S/C20H21BrN2O4S/c1-14-4-10-17(11-5-14)28(24,25)20-19(22-12-3-13-26-2)27-18(23-20)15-6-8-16(21)9-7-15/h4-11,22H,3,12-13H2,1-2H3. The summed E-state index contributed by atoms with van der Waals surface area (Å²) in [5, 5.41) is 2.92. The smallest absolute Gasteiger partial charge is 0.233 e. The molecule has 1 aromatic heterocycles. The second kappa shape index (κ2) is 8.89. The molecule has 3 rings (SSSR count). The fourth-order valence-corrected chi connectivity index (χ4v) is 4.11. The molecule has 0 bridgehead atoms. The van der Waals surface area contributed by atoms with E-state index in [4.69, 9.17) is 9.15 Å². The summed E-state index contributed by atoms with van der Waals surface area (Å²) in [6.45, 7) is 2.96. The van der Waals surface area contributed by atoms with Gasteiger partial charge in [-0.05, 0) is 49.7 Å². The van der Waals surface area contributed by atoms with Crippen molar-refractivity contribution in [1.29, 1.82) is 0 Å². The van der Waals surface area contributed by atoms with Gasteiger partial charge in [0.05, 0.1) is 4.90 Å². The Kier molecular flexibility index (Phi) is 6.53. The van der Waals surface area contributed by atoms with Crippen molar-refractivity contribution in [1.82, 2.24) is 4.98 Å². The number of nitrogens with zero attached hydrogens (tertiary/aromatic N) is 1. The molecule has 1 N–H and O–H groups in total. The number of nitrogens with one attached hydrogen (secondary N) is 1. The van der Waals surface area contributed by atoms with Crippen LogP contribution in [0.4, 0.5) is 5.88 Å². The van der Waals surface area contributed by atoms with Crippen molar-refractivity contribution in [3.63, 3.8) is 0 Å². The lowest BCUT2D eigenvalue weighted by molar-refractivity contribution is 0.197. The van der Waals surface area contributed by atoms with Crippen LogP contribution in [0.15, 0.2) is 67.3 Å². The highest BCUT2D eigenvalue weighted by Crippen LogP contribution is 2.32. The van der Waals surface area contributed by atoms with Crippen molar-refractivity contribution in [3.05, 3.63) is 58.6 Å². The van der Waals surface area contributed by atoms with Crippen LogP contribution in [0.25, 0.3) is 11.5 Å². The number of hydrogen-bond donors (Lipinski definition) is 1. The van der Waals surface area contributed by atoms with Crippen LogP contribution in [-0.2, 0) is 14.6 Å². The minimum atomic E-state index is -3.83. The number of sulfone groups is 1. The lowest BCUT2D eigenvalue weighted by Crippen LogP contribution is -2.09. The van der Waals surface area contributed by atoms with Crippen molar-refractivity contribution in [3.8, 4) is 11.5 Å². The van der Waals surface area contributed by atoms with Crippen LogP contribution < -0.4 is 5.32 Å². The summed E-state index contributed by atoms with van der Waals surface area (Å²) in [6.07, 6.45) is 0.703. The largest absolute Gasteiger partial charge is 0.419 e. The topological polar surface area (TPSA) is 81.4 Å². The lowest BCUT2D eigenvalue weighted by Gasteiger charge is -2.06. The van der Waals surface area contributed by atoms with Crippen LogP contribution in [0, 0.1) is 6.92 Å². The molecular weight excluding hydrogens is 444 g/mol.